The fourth-order valence-electron chi connectivity index (χ4n) is 2.32. The van der Waals surface area contributed by atoms with E-state index in [1.54, 1.807) is 12.1 Å². The van der Waals surface area contributed by atoms with Gasteiger partial charge in [-0.25, -0.2) is 0 Å². The summed E-state index contributed by atoms with van der Waals surface area (Å²) in [7, 11) is 0. The highest BCUT2D eigenvalue weighted by Crippen LogP contribution is 2.26. The van der Waals surface area contributed by atoms with Gasteiger partial charge in [0.05, 0.1) is 6.10 Å². The van der Waals surface area contributed by atoms with Crippen LogP contribution in [0.2, 0.25) is 0 Å². The lowest BCUT2D eigenvalue weighted by atomic mass is 9.93. The molecule has 0 heterocycles. The third kappa shape index (κ3) is 3.01. The van der Waals surface area contributed by atoms with Crippen LogP contribution in [0.5, 0.6) is 5.75 Å². The molecule has 4 heteroatoms. The van der Waals surface area contributed by atoms with Crippen LogP contribution in [0.25, 0.3) is 0 Å². The molecule has 98 valence electrons. The van der Waals surface area contributed by atoms with E-state index in [4.69, 9.17) is 16.2 Å². The molecule has 1 saturated carbocycles. The minimum atomic E-state index is -0.409. The van der Waals surface area contributed by atoms with Gasteiger partial charge in [0.2, 0.25) is 5.91 Å². The molecule has 1 aliphatic rings. The molecule has 0 unspecified atom stereocenters. The number of rotatable bonds is 3. The summed E-state index contributed by atoms with van der Waals surface area (Å²) in [5.41, 5.74) is 12.6. The quantitative estimate of drug-likeness (QED) is 0.855. The summed E-state index contributed by atoms with van der Waals surface area (Å²) in [6, 6.07) is 5.62. The molecule has 0 spiro atoms. The molecule has 0 aliphatic heterocycles. The van der Waals surface area contributed by atoms with Crippen molar-refractivity contribution in [3.63, 3.8) is 0 Å². The van der Waals surface area contributed by atoms with Crippen molar-refractivity contribution in [2.24, 2.45) is 11.5 Å². The van der Waals surface area contributed by atoms with Crippen molar-refractivity contribution < 1.29 is 9.53 Å². The molecule has 0 aromatic heterocycles. The monoisotopic (exact) mass is 248 g/mol. The normalized spacial score (nSPS) is 23.7. The van der Waals surface area contributed by atoms with Crippen molar-refractivity contribution in [3.05, 3.63) is 29.3 Å². The number of hydrogen-bond acceptors (Lipinski definition) is 3. The maximum absolute atomic E-state index is 11.1. The van der Waals surface area contributed by atoms with E-state index in [1.165, 1.54) is 0 Å². The van der Waals surface area contributed by atoms with E-state index in [1.807, 2.05) is 13.0 Å². The first kappa shape index (κ1) is 12.9. The lowest BCUT2D eigenvalue weighted by Crippen LogP contribution is -2.31. The highest BCUT2D eigenvalue weighted by atomic mass is 16.5. The molecule has 0 radical (unpaired) electrons. The summed E-state index contributed by atoms with van der Waals surface area (Å²) in [4.78, 5) is 11.1. The zero-order chi connectivity index (χ0) is 13.1. The number of ether oxygens (including phenoxy) is 1. The third-order valence-electron chi connectivity index (χ3n) is 3.47. The average molecular weight is 248 g/mol. The molecule has 2 rings (SSSR count). The van der Waals surface area contributed by atoms with Gasteiger partial charge in [-0.2, -0.15) is 0 Å². The van der Waals surface area contributed by atoms with E-state index in [-0.39, 0.29) is 6.10 Å². The summed E-state index contributed by atoms with van der Waals surface area (Å²) in [6.07, 6.45) is 4.27. The SMILES string of the molecule is Cc1cc(C(N)=O)ccc1OC1CCC(N)CC1. The first-order valence-corrected chi connectivity index (χ1v) is 6.39. The van der Waals surface area contributed by atoms with Gasteiger partial charge >= 0.3 is 0 Å². The fraction of sp³-hybridized carbons (Fsp3) is 0.500. The van der Waals surface area contributed by atoms with Gasteiger partial charge < -0.3 is 16.2 Å². The zero-order valence-corrected chi connectivity index (χ0v) is 10.7. The molecule has 4 N–H and O–H groups in total. The van der Waals surface area contributed by atoms with Crippen LogP contribution in [-0.2, 0) is 0 Å². The molecule has 4 nitrogen and oxygen atoms in total. The number of carbonyl (C=O) groups is 1. The maximum Gasteiger partial charge on any atom is 0.248 e. The van der Waals surface area contributed by atoms with Gasteiger partial charge in [-0.3, -0.25) is 4.79 Å². The van der Waals surface area contributed by atoms with Gasteiger partial charge in [-0.15, -0.1) is 0 Å². The molecule has 1 amide bonds. The average Bonchev–Trinajstić information content (AvgIpc) is 2.34. The smallest absolute Gasteiger partial charge is 0.248 e. The third-order valence-corrected chi connectivity index (χ3v) is 3.47. The molecule has 1 fully saturated rings. The molecule has 0 atom stereocenters. The highest BCUT2D eigenvalue weighted by molar-refractivity contribution is 5.93. The Balaban J connectivity index is 2.03. The topological polar surface area (TPSA) is 78.3 Å². The Morgan fingerprint density at radius 3 is 2.50 bits per heavy atom. The van der Waals surface area contributed by atoms with E-state index in [0.717, 1.165) is 37.0 Å². The number of nitrogens with two attached hydrogens (primary N) is 2. The molecule has 0 saturated heterocycles. The van der Waals surface area contributed by atoms with E-state index >= 15 is 0 Å². The van der Waals surface area contributed by atoms with Gasteiger partial charge in [0.1, 0.15) is 5.75 Å². The van der Waals surface area contributed by atoms with Gasteiger partial charge in [-0.1, -0.05) is 0 Å². The summed E-state index contributed by atoms with van der Waals surface area (Å²) in [5.74, 6) is 0.425. The van der Waals surface area contributed by atoms with E-state index in [0.29, 0.717) is 11.6 Å². The van der Waals surface area contributed by atoms with E-state index in [2.05, 4.69) is 0 Å². The maximum atomic E-state index is 11.1. The Morgan fingerprint density at radius 1 is 1.28 bits per heavy atom. The predicted molar refractivity (Wildman–Crippen MR) is 70.6 cm³/mol. The van der Waals surface area contributed by atoms with Gasteiger partial charge in [0.25, 0.3) is 0 Å². The standard InChI is InChI=1S/C14H20N2O2/c1-9-8-10(14(16)17)2-7-13(9)18-12-5-3-11(15)4-6-12/h2,7-8,11-12H,3-6,15H2,1H3,(H2,16,17). The van der Waals surface area contributed by atoms with Crippen LogP contribution in [0.1, 0.15) is 41.6 Å². The van der Waals surface area contributed by atoms with Gasteiger partial charge in [0.15, 0.2) is 0 Å². The Labute approximate surface area is 107 Å². The highest BCUT2D eigenvalue weighted by Gasteiger charge is 2.20. The molecular formula is C14H20N2O2. The number of aryl methyl sites for hydroxylation is 1. The van der Waals surface area contributed by atoms with Crippen LogP contribution in [0, 0.1) is 6.92 Å². The number of amides is 1. The van der Waals surface area contributed by atoms with E-state index in [9.17, 15) is 4.79 Å². The van der Waals surface area contributed by atoms with Crippen molar-refractivity contribution in [2.75, 3.05) is 0 Å². The van der Waals surface area contributed by atoms with E-state index < -0.39 is 5.91 Å². The number of primary amides is 1. The summed E-state index contributed by atoms with van der Waals surface area (Å²) in [5, 5.41) is 0. The second-order valence-corrected chi connectivity index (χ2v) is 5.00. The molecule has 1 aliphatic carbocycles. The summed E-state index contributed by atoms with van der Waals surface area (Å²) in [6.45, 7) is 1.93. The second kappa shape index (κ2) is 5.40. The molecule has 1 aromatic rings. The molecular weight excluding hydrogens is 228 g/mol. The largest absolute Gasteiger partial charge is 0.490 e. The van der Waals surface area contributed by atoms with Crippen molar-refractivity contribution in [2.45, 2.75) is 44.8 Å². The number of hydrogen-bond donors (Lipinski definition) is 2. The summed E-state index contributed by atoms with van der Waals surface area (Å²) < 4.78 is 5.96. The Kier molecular flexibility index (Phi) is 3.87. The Bertz CT molecular complexity index is 437. The van der Waals surface area contributed by atoms with Crippen LogP contribution < -0.4 is 16.2 Å². The number of carbonyl (C=O) groups excluding carboxylic acids is 1. The number of benzene rings is 1. The Morgan fingerprint density at radius 2 is 1.94 bits per heavy atom. The molecule has 1 aromatic carbocycles. The predicted octanol–water partition coefficient (Wildman–Crippen LogP) is 1.74. The van der Waals surface area contributed by atoms with Crippen LogP contribution in [0.3, 0.4) is 0 Å². The van der Waals surface area contributed by atoms with Gasteiger partial charge in [0, 0.05) is 11.6 Å². The minimum absolute atomic E-state index is 0.239. The minimum Gasteiger partial charge on any atom is -0.490 e. The first-order chi connectivity index (χ1) is 8.56. The van der Waals surface area contributed by atoms with Crippen molar-refractivity contribution in [1.29, 1.82) is 0 Å². The molecule has 18 heavy (non-hydrogen) atoms. The lowest BCUT2D eigenvalue weighted by Gasteiger charge is -2.27. The van der Waals surface area contributed by atoms with Crippen LogP contribution >= 0.6 is 0 Å². The fourth-order valence-corrected chi connectivity index (χ4v) is 2.32. The van der Waals surface area contributed by atoms with Crippen molar-refractivity contribution in [1.82, 2.24) is 0 Å². The second-order valence-electron chi connectivity index (χ2n) is 5.00. The molecule has 0 bridgehead atoms. The van der Waals surface area contributed by atoms with Crippen LogP contribution in [0.15, 0.2) is 18.2 Å². The lowest BCUT2D eigenvalue weighted by molar-refractivity contribution is 0.1000. The Hall–Kier alpha value is -1.55. The first-order valence-electron chi connectivity index (χ1n) is 6.39. The zero-order valence-electron chi connectivity index (χ0n) is 10.7. The van der Waals surface area contributed by atoms with Crippen LogP contribution in [-0.4, -0.2) is 18.1 Å². The van der Waals surface area contributed by atoms with Gasteiger partial charge in [-0.05, 0) is 56.4 Å². The summed E-state index contributed by atoms with van der Waals surface area (Å²) >= 11 is 0. The van der Waals surface area contributed by atoms with Crippen molar-refractivity contribution in [3.8, 4) is 5.75 Å². The van der Waals surface area contributed by atoms with Crippen molar-refractivity contribution >= 4 is 5.91 Å². The van der Waals surface area contributed by atoms with Crippen LogP contribution in [0.4, 0.5) is 0 Å².